The predicted octanol–water partition coefficient (Wildman–Crippen LogP) is 4.90. The van der Waals surface area contributed by atoms with Crippen LogP contribution >= 0.6 is 0 Å². The van der Waals surface area contributed by atoms with Crippen molar-refractivity contribution in [2.75, 3.05) is 6.54 Å². The molecule has 1 aromatic heterocycles. The lowest BCUT2D eigenvalue weighted by atomic mass is 9.65. The highest BCUT2D eigenvalue weighted by atomic mass is 19.4. The molecule has 0 unspecified atom stereocenters. The van der Waals surface area contributed by atoms with Crippen LogP contribution in [0.2, 0.25) is 0 Å². The van der Waals surface area contributed by atoms with E-state index >= 15 is 0 Å². The van der Waals surface area contributed by atoms with Gasteiger partial charge < -0.3 is 9.84 Å². The van der Waals surface area contributed by atoms with Crippen LogP contribution in [0.5, 0.6) is 0 Å². The molecule has 1 heterocycles. The lowest BCUT2D eigenvalue weighted by Gasteiger charge is -2.42. The predicted molar refractivity (Wildman–Crippen MR) is 103 cm³/mol. The Bertz CT molecular complexity index is 1030. The summed E-state index contributed by atoms with van der Waals surface area (Å²) in [6, 6.07) is 16.4. The quantitative estimate of drug-likeness (QED) is 0.622. The Morgan fingerprint density at radius 3 is 2.50 bits per heavy atom. The van der Waals surface area contributed by atoms with Crippen molar-refractivity contribution >= 4 is 5.91 Å². The lowest BCUT2D eigenvalue weighted by molar-refractivity contribution is -0.159. The molecule has 8 heteroatoms. The largest absolute Gasteiger partial charge is 0.471 e. The molecule has 1 aliphatic rings. The second-order valence-corrected chi connectivity index (χ2v) is 7.70. The smallest absolute Gasteiger partial charge is 0.351 e. The molecule has 0 aliphatic heterocycles. The summed E-state index contributed by atoms with van der Waals surface area (Å²) in [5, 5.41) is 6.36. The number of aromatic nitrogens is 2. The van der Waals surface area contributed by atoms with Crippen molar-refractivity contribution in [1.82, 2.24) is 15.5 Å². The monoisotopic (exact) mass is 415 g/mol. The first-order valence-electron chi connectivity index (χ1n) is 9.68. The molecule has 0 atom stereocenters. The molecule has 1 amide bonds. The van der Waals surface area contributed by atoms with E-state index in [-0.39, 0.29) is 22.7 Å². The molecular weight excluding hydrogens is 395 g/mol. The summed E-state index contributed by atoms with van der Waals surface area (Å²) in [6.45, 7) is 0.547. The Morgan fingerprint density at radius 1 is 1.10 bits per heavy atom. The van der Waals surface area contributed by atoms with Crippen LogP contribution in [0.3, 0.4) is 0 Å². The molecule has 4 rings (SSSR count). The molecule has 1 saturated carbocycles. The second kappa shape index (κ2) is 7.93. The van der Waals surface area contributed by atoms with Crippen LogP contribution in [-0.4, -0.2) is 22.6 Å². The summed E-state index contributed by atoms with van der Waals surface area (Å²) in [5.74, 6) is -1.91. The number of nitrogens with zero attached hydrogens (tertiary/aromatic N) is 2. The Kier molecular flexibility index (Phi) is 5.32. The first-order valence-corrected chi connectivity index (χ1v) is 9.68. The summed E-state index contributed by atoms with van der Waals surface area (Å²) >= 11 is 0. The fourth-order valence-electron chi connectivity index (χ4n) is 3.75. The van der Waals surface area contributed by atoms with Crippen molar-refractivity contribution < 1.29 is 22.5 Å². The molecule has 30 heavy (non-hydrogen) atoms. The average molecular weight is 415 g/mol. The highest BCUT2D eigenvalue weighted by Gasteiger charge is 2.39. The van der Waals surface area contributed by atoms with Crippen LogP contribution in [-0.2, 0) is 12.6 Å². The van der Waals surface area contributed by atoms with Crippen LogP contribution in [0.25, 0.3) is 11.4 Å². The van der Waals surface area contributed by atoms with E-state index in [0.29, 0.717) is 12.1 Å². The standard InChI is InChI=1S/C22H20F3N3O2/c23-22(24,25)20-27-18(28-30-20)16-8-4-9-17(12-16)19(29)26-14-21(10-5-11-21)13-15-6-2-1-3-7-15/h1-4,6-9,12H,5,10-11,13-14H2,(H,26,29). The molecule has 1 aliphatic carbocycles. The van der Waals surface area contributed by atoms with Crippen molar-refractivity contribution in [3.63, 3.8) is 0 Å². The minimum absolute atomic E-state index is 0.0455. The molecule has 0 spiro atoms. The van der Waals surface area contributed by atoms with Gasteiger partial charge in [-0.05, 0) is 42.4 Å². The maximum atomic E-state index is 12.7. The average Bonchev–Trinajstić information content (AvgIpc) is 3.21. The van der Waals surface area contributed by atoms with Crippen molar-refractivity contribution in [1.29, 1.82) is 0 Å². The summed E-state index contributed by atoms with van der Waals surface area (Å²) in [4.78, 5) is 16.0. The van der Waals surface area contributed by atoms with Gasteiger partial charge in [-0.25, -0.2) is 0 Å². The van der Waals surface area contributed by atoms with Gasteiger partial charge in [0.15, 0.2) is 0 Å². The van der Waals surface area contributed by atoms with Gasteiger partial charge in [-0.2, -0.15) is 18.2 Å². The number of nitrogens with one attached hydrogen (secondary N) is 1. The van der Waals surface area contributed by atoms with Gasteiger partial charge in [0.25, 0.3) is 5.91 Å². The van der Waals surface area contributed by atoms with Gasteiger partial charge in [-0.1, -0.05) is 54.0 Å². The Hall–Kier alpha value is -3.16. The van der Waals surface area contributed by atoms with Gasteiger partial charge >= 0.3 is 12.1 Å². The maximum absolute atomic E-state index is 12.7. The molecular formula is C22H20F3N3O2. The van der Waals surface area contributed by atoms with Gasteiger partial charge in [-0.15, -0.1) is 0 Å². The summed E-state index contributed by atoms with van der Waals surface area (Å²) < 4.78 is 42.3. The topological polar surface area (TPSA) is 68.0 Å². The third kappa shape index (κ3) is 4.37. The van der Waals surface area contributed by atoms with Gasteiger partial charge in [0, 0.05) is 17.7 Å². The van der Waals surface area contributed by atoms with Gasteiger partial charge in [0.1, 0.15) is 0 Å². The van der Waals surface area contributed by atoms with E-state index in [0.717, 1.165) is 25.7 Å². The number of hydrogen-bond acceptors (Lipinski definition) is 4. The Labute approximate surface area is 171 Å². The first kappa shape index (κ1) is 20.1. The second-order valence-electron chi connectivity index (χ2n) is 7.70. The summed E-state index contributed by atoms with van der Waals surface area (Å²) in [5.41, 5.74) is 1.90. The zero-order valence-corrected chi connectivity index (χ0v) is 16.1. The van der Waals surface area contributed by atoms with Gasteiger partial charge in [-0.3, -0.25) is 4.79 Å². The van der Waals surface area contributed by atoms with E-state index < -0.39 is 12.1 Å². The number of halogens is 3. The minimum Gasteiger partial charge on any atom is -0.351 e. The zero-order valence-electron chi connectivity index (χ0n) is 16.1. The lowest BCUT2D eigenvalue weighted by Crippen LogP contribution is -2.43. The first-order chi connectivity index (χ1) is 14.3. The van der Waals surface area contributed by atoms with E-state index in [1.54, 1.807) is 12.1 Å². The van der Waals surface area contributed by atoms with E-state index in [4.69, 9.17) is 0 Å². The highest BCUT2D eigenvalue weighted by Crippen LogP contribution is 2.43. The fourth-order valence-corrected chi connectivity index (χ4v) is 3.75. The van der Waals surface area contributed by atoms with Gasteiger partial charge in [0.05, 0.1) is 0 Å². The molecule has 5 nitrogen and oxygen atoms in total. The van der Waals surface area contributed by atoms with Crippen molar-refractivity contribution in [2.24, 2.45) is 5.41 Å². The van der Waals surface area contributed by atoms with E-state index in [2.05, 4.69) is 32.1 Å². The molecule has 1 fully saturated rings. The van der Waals surface area contributed by atoms with E-state index in [1.165, 1.54) is 17.7 Å². The number of carbonyl (C=O) groups excluding carboxylic acids is 1. The summed E-state index contributed by atoms with van der Waals surface area (Å²) in [6.07, 6.45) is -0.582. The van der Waals surface area contributed by atoms with Crippen LogP contribution in [0, 0.1) is 5.41 Å². The summed E-state index contributed by atoms with van der Waals surface area (Å²) in [7, 11) is 0. The van der Waals surface area contributed by atoms with Crippen LogP contribution < -0.4 is 5.32 Å². The molecule has 0 radical (unpaired) electrons. The number of amides is 1. The van der Waals surface area contributed by atoms with Crippen LogP contribution in [0.4, 0.5) is 13.2 Å². The molecule has 0 bridgehead atoms. The van der Waals surface area contributed by atoms with Crippen molar-refractivity contribution in [3.8, 4) is 11.4 Å². The third-order valence-corrected chi connectivity index (χ3v) is 5.51. The molecule has 3 aromatic rings. The molecule has 156 valence electrons. The third-order valence-electron chi connectivity index (χ3n) is 5.51. The number of hydrogen-bond donors (Lipinski definition) is 1. The van der Waals surface area contributed by atoms with Crippen LogP contribution in [0.15, 0.2) is 59.1 Å². The highest BCUT2D eigenvalue weighted by molar-refractivity contribution is 5.95. The number of carbonyl (C=O) groups is 1. The zero-order chi connectivity index (χ0) is 21.2. The van der Waals surface area contributed by atoms with Gasteiger partial charge in [0.2, 0.25) is 5.82 Å². The van der Waals surface area contributed by atoms with E-state index in [9.17, 15) is 18.0 Å². The van der Waals surface area contributed by atoms with Crippen molar-refractivity contribution in [3.05, 3.63) is 71.6 Å². The SMILES string of the molecule is O=C(NCC1(Cc2ccccc2)CCC1)c1cccc(-c2noc(C(F)(F)F)n2)c1. The van der Waals surface area contributed by atoms with Crippen molar-refractivity contribution in [2.45, 2.75) is 31.9 Å². The Balaban J connectivity index is 1.44. The number of rotatable bonds is 6. The fraction of sp³-hybridized carbons (Fsp3) is 0.318. The molecule has 2 aromatic carbocycles. The normalized spacial score (nSPS) is 15.4. The minimum atomic E-state index is -4.71. The van der Waals surface area contributed by atoms with E-state index in [1.807, 2.05) is 18.2 Å². The number of alkyl halides is 3. The van der Waals surface area contributed by atoms with Crippen LogP contribution in [0.1, 0.15) is 41.1 Å². The Morgan fingerprint density at radius 2 is 1.87 bits per heavy atom. The number of benzene rings is 2. The maximum Gasteiger partial charge on any atom is 0.471 e. The molecule has 0 saturated heterocycles. The molecule has 1 N–H and O–H groups in total.